The van der Waals surface area contributed by atoms with Gasteiger partial charge in [-0.15, -0.1) is 0 Å². The zero-order valence-corrected chi connectivity index (χ0v) is 20.2. The summed E-state index contributed by atoms with van der Waals surface area (Å²) >= 11 is 0. The van der Waals surface area contributed by atoms with E-state index in [1.807, 2.05) is 0 Å². The molecule has 34 heavy (non-hydrogen) atoms. The Labute approximate surface area is 198 Å². The number of hydrogen-bond acceptors (Lipinski definition) is 10. The smallest absolute Gasteiger partial charge is 0.352 e. The highest BCUT2D eigenvalue weighted by atomic mass is 16.7. The minimum absolute atomic E-state index is 0.190. The van der Waals surface area contributed by atoms with E-state index in [1.165, 1.54) is 27.7 Å². The number of aliphatic hydroxyl groups excluding tert-OH is 2. The van der Waals surface area contributed by atoms with Crippen LogP contribution in [0.4, 0.5) is 0 Å². The molecule has 2 N–H and O–H groups in total. The molecule has 2 aliphatic rings. The van der Waals surface area contributed by atoms with Crippen molar-refractivity contribution in [2.45, 2.75) is 103 Å². The summed E-state index contributed by atoms with van der Waals surface area (Å²) < 4.78 is 19.9. The predicted molar refractivity (Wildman–Crippen MR) is 118 cm³/mol. The van der Waals surface area contributed by atoms with Crippen LogP contribution in [0.3, 0.4) is 0 Å². The average Bonchev–Trinajstić information content (AvgIpc) is 2.66. The molecule has 0 aromatic rings. The van der Waals surface area contributed by atoms with Crippen LogP contribution in [-0.4, -0.2) is 45.7 Å². The van der Waals surface area contributed by atoms with Gasteiger partial charge in [-0.3, -0.25) is 0 Å². The van der Waals surface area contributed by atoms with Gasteiger partial charge in [0.15, 0.2) is 11.1 Å². The Morgan fingerprint density at radius 1 is 0.529 bits per heavy atom. The van der Waals surface area contributed by atoms with Crippen LogP contribution in [0.15, 0.2) is 22.7 Å². The molecule has 2 saturated heterocycles. The van der Waals surface area contributed by atoms with Gasteiger partial charge in [0.1, 0.15) is 11.5 Å². The van der Waals surface area contributed by atoms with Gasteiger partial charge in [0.25, 0.3) is 11.6 Å². The van der Waals surface area contributed by atoms with E-state index < -0.39 is 46.6 Å². The lowest BCUT2D eigenvalue weighted by atomic mass is 10.0. The summed E-state index contributed by atoms with van der Waals surface area (Å²) in [4.78, 5) is 47.6. The third-order valence-electron chi connectivity index (χ3n) is 5.32. The summed E-state index contributed by atoms with van der Waals surface area (Å²) in [6.07, 6.45) is 7.04. The number of allylic oxidation sites excluding steroid dienone is 2. The van der Waals surface area contributed by atoms with Crippen LogP contribution in [0.5, 0.6) is 0 Å². The van der Waals surface area contributed by atoms with Crippen LogP contribution in [0.2, 0.25) is 0 Å². The average molecular weight is 483 g/mol. The van der Waals surface area contributed by atoms with Crippen LogP contribution >= 0.6 is 0 Å². The topological polar surface area (TPSA) is 146 Å². The van der Waals surface area contributed by atoms with Crippen molar-refractivity contribution in [3.05, 3.63) is 22.7 Å². The van der Waals surface area contributed by atoms with Crippen molar-refractivity contribution in [3.8, 4) is 0 Å². The fourth-order valence-corrected chi connectivity index (χ4v) is 3.67. The van der Waals surface area contributed by atoms with Crippen molar-refractivity contribution in [1.82, 2.24) is 0 Å². The maximum Gasteiger partial charge on any atom is 0.352 e. The predicted octanol–water partition coefficient (Wildman–Crippen LogP) is 4.18. The van der Waals surface area contributed by atoms with Crippen molar-refractivity contribution in [2.75, 3.05) is 0 Å². The highest BCUT2D eigenvalue weighted by Crippen LogP contribution is 2.27. The Morgan fingerprint density at radius 2 is 0.765 bits per heavy atom. The zero-order valence-electron chi connectivity index (χ0n) is 20.2. The van der Waals surface area contributed by atoms with Crippen LogP contribution in [-0.2, 0) is 38.1 Å². The molecule has 10 nitrogen and oxygen atoms in total. The first kappa shape index (κ1) is 27.2. The number of rotatable bonds is 11. The fraction of sp³-hybridized carbons (Fsp3) is 0.667. The Kier molecular flexibility index (Phi) is 9.12. The van der Waals surface area contributed by atoms with Gasteiger partial charge >= 0.3 is 23.9 Å². The van der Waals surface area contributed by atoms with E-state index >= 15 is 0 Å². The summed E-state index contributed by atoms with van der Waals surface area (Å²) in [5, 5.41) is 20.2. The van der Waals surface area contributed by atoms with Gasteiger partial charge < -0.3 is 29.2 Å². The molecular formula is C24H34O10. The minimum atomic E-state index is -1.34. The quantitative estimate of drug-likeness (QED) is 0.144. The van der Waals surface area contributed by atoms with Gasteiger partial charge in [-0.25, -0.2) is 19.2 Å². The summed E-state index contributed by atoms with van der Waals surface area (Å²) in [6.45, 7) is 5.78. The highest BCUT2D eigenvalue weighted by Gasteiger charge is 2.42. The number of esters is 4. The normalized spacial score (nSPS) is 19.2. The second kappa shape index (κ2) is 11.4. The SMILES string of the molecule is CC1(C)OC(=O)C(=C(O)CCCCCCCCCCC(O)=C2C(=O)OC(C)(C)OC2=O)C(=O)O1. The van der Waals surface area contributed by atoms with Crippen LogP contribution in [0.25, 0.3) is 0 Å². The first-order chi connectivity index (χ1) is 15.8. The van der Waals surface area contributed by atoms with Gasteiger partial charge in [0, 0.05) is 40.5 Å². The molecule has 0 aromatic heterocycles. The number of unbranched alkanes of at least 4 members (excludes halogenated alkanes) is 7. The number of aliphatic hydroxyl groups is 2. The molecule has 0 amide bonds. The molecule has 10 heteroatoms. The minimum Gasteiger partial charge on any atom is -0.511 e. The molecule has 2 heterocycles. The Balaban J connectivity index is 1.59. The number of cyclic esters (lactones) is 4. The molecule has 0 unspecified atom stereocenters. The van der Waals surface area contributed by atoms with Gasteiger partial charge in [-0.2, -0.15) is 0 Å². The van der Waals surface area contributed by atoms with Gasteiger partial charge in [-0.05, 0) is 12.8 Å². The lowest BCUT2D eigenvalue weighted by molar-refractivity contribution is -0.224. The van der Waals surface area contributed by atoms with E-state index in [-0.39, 0.29) is 24.4 Å². The van der Waals surface area contributed by atoms with Crippen molar-refractivity contribution >= 4 is 23.9 Å². The fourth-order valence-electron chi connectivity index (χ4n) is 3.67. The van der Waals surface area contributed by atoms with Crippen molar-refractivity contribution in [3.63, 3.8) is 0 Å². The maximum atomic E-state index is 11.9. The molecule has 0 radical (unpaired) electrons. The van der Waals surface area contributed by atoms with E-state index in [1.54, 1.807) is 0 Å². The molecule has 0 bridgehead atoms. The molecule has 2 aliphatic heterocycles. The second-order valence-electron chi connectivity index (χ2n) is 9.33. The number of carbonyl (C=O) groups is 4. The largest absolute Gasteiger partial charge is 0.511 e. The summed E-state index contributed by atoms with van der Waals surface area (Å²) in [7, 11) is 0. The van der Waals surface area contributed by atoms with E-state index in [9.17, 15) is 29.4 Å². The Bertz CT molecular complexity index is 762. The monoisotopic (exact) mass is 482 g/mol. The molecule has 0 aromatic carbocycles. The van der Waals surface area contributed by atoms with Crippen LogP contribution in [0, 0.1) is 0 Å². The highest BCUT2D eigenvalue weighted by molar-refractivity contribution is 6.16. The Hall–Kier alpha value is -3.04. The second-order valence-corrected chi connectivity index (χ2v) is 9.33. The van der Waals surface area contributed by atoms with Crippen molar-refractivity contribution in [2.24, 2.45) is 0 Å². The van der Waals surface area contributed by atoms with Gasteiger partial charge in [0.05, 0.1) is 0 Å². The first-order valence-electron chi connectivity index (χ1n) is 11.6. The number of ether oxygens (including phenoxy) is 4. The van der Waals surface area contributed by atoms with Crippen molar-refractivity contribution < 1.29 is 48.3 Å². The molecular weight excluding hydrogens is 448 g/mol. The molecule has 0 aliphatic carbocycles. The first-order valence-corrected chi connectivity index (χ1v) is 11.6. The number of carbonyl (C=O) groups excluding carboxylic acids is 4. The van der Waals surface area contributed by atoms with E-state index in [0.717, 1.165) is 38.5 Å². The summed E-state index contributed by atoms with van der Waals surface area (Å²) in [6, 6.07) is 0. The maximum absolute atomic E-state index is 11.9. The lowest BCUT2D eigenvalue weighted by Crippen LogP contribution is -2.42. The Morgan fingerprint density at radius 3 is 1.03 bits per heavy atom. The standard InChI is InChI=1S/C24H34O10/c1-23(2)31-19(27)17(20(28)32-23)15(25)13-11-9-7-5-6-8-10-12-14-16(26)18-21(29)33-24(3,4)34-22(18)30/h25-26H,5-14H2,1-4H3. The van der Waals surface area contributed by atoms with Crippen LogP contribution in [0.1, 0.15) is 91.9 Å². The third kappa shape index (κ3) is 7.78. The van der Waals surface area contributed by atoms with E-state index in [2.05, 4.69) is 0 Å². The summed E-state index contributed by atoms with van der Waals surface area (Å²) in [5.41, 5.74) is -0.869. The third-order valence-corrected chi connectivity index (χ3v) is 5.32. The van der Waals surface area contributed by atoms with Gasteiger partial charge in [0.2, 0.25) is 0 Å². The molecule has 2 rings (SSSR count). The molecule has 0 saturated carbocycles. The molecule has 0 spiro atoms. The van der Waals surface area contributed by atoms with Crippen molar-refractivity contribution in [1.29, 1.82) is 0 Å². The van der Waals surface area contributed by atoms with Crippen LogP contribution < -0.4 is 0 Å². The van der Waals surface area contributed by atoms with Gasteiger partial charge in [-0.1, -0.05) is 38.5 Å². The molecule has 2 fully saturated rings. The summed E-state index contributed by atoms with van der Waals surface area (Å²) in [5.74, 6) is -6.79. The molecule has 190 valence electrons. The number of hydrogen-bond donors (Lipinski definition) is 2. The molecule has 0 atom stereocenters. The zero-order chi connectivity index (χ0) is 25.5. The van der Waals surface area contributed by atoms with E-state index in [0.29, 0.717) is 12.8 Å². The van der Waals surface area contributed by atoms with E-state index in [4.69, 9.17) is 18.9 Å². The lowest BCUT2D eigenvalue weighted by Gasteiger charge is -2.30.